The normalized spacial score (nSPS) is 21.3. The maximum Gasteiger partial charge on any atom is 0.338 e. The van der Waals surface area contributed by atoms with Crippen LogP contribution in [0.1, 0.15) is 30.0 Å². The lowest BCUT2D eigenvalue weighted by Gasteiger charge is -2.38. The summed E-state index contributed by atoms with van der Waals surface area (Å²) in [6, 6.07) is 3.45. The number of piperidine rings is 1. The Morgan fingerprint density at radius 2 is 2.15 bits per heavy atom. The third kappa shape index (κ3) is 8.23. The molecule has 4 rings (SSSR count). The number of aliphatic hydroxyl groups excluding tert-OH is 1. The number of hydrogen-bond donors (Lipinski definition) is 2. The van der Waals surface area contributed by atoms with Crippen molar-refractivity contribution in [3.05, 3.63) is 61.9 Å². The topological polar surface area (TPSA) is 107 Å². The SMILES string of the molecule is CCOC(=O)C1=C(CN2CC(F)CC(CN(C)CC=O)C2)NC(c2nccs2)=N[C@H]1c1ccc(F)cc1Br.CO. The summed E-state index contributed by atoms with van der Waals surface area (Å²) in [7, 11) is 2.84. The zero-order valence-electron chi connectivity index (χ0n) is 22.6. The molecular formula is C27H34BrF2N5O4S. The number of nitrogens with zero attached hydrogens (tertiary/aromatic N) is 4. The number of ether oxygens (including phenoxy) is 1. The molecule has 1 aromatic heterocycles. The fourth-order valence-corrected chi connectivity index (χ4v) is 6.08. The lowest BCUT2D eigenvalue weighted by atomic mass is 9.93. The number of nitrogens with one attached hydrogen (secondary N) is 1. The van der Waals surface area contributed by atoms with E-state index in [9.17, 15) is 18.4 Å². The first-order valence-electron chi connectivity index (χ1n) is 12.8. The van der Waals surface area contributed by atoms with E-state index in [1.54, 1.807) is 19.2 Å². The molecule has 0 spiro atoms. The fraction of sp³-hybridized carbons (Fsp3) is 0.481. The van der Waals surface area contributed by atoms with Crippen molar-refractivity contribution in [2.24, 2.45) is 10.9 Å². The van der Waals surface area contributed by atoms with E-state index in [1.807, 2.05) is 22.2 Å². The van der Waals surface area contributed by atoms with Crippen molar-refractivity contribution in [3.63, 3.8) is 0 Å². The van der Waals surface area contributed by atoms with E-state index in [1.165, 1.54) is 23.5 Å². The number of amidine groups is 1. The molecule has 218 valence electrons. The van der Waals surface area contributed by atoms with Gasteiger partial charge in [-0.15, -0.1) is 11.3 Å². The number of thiazole rings is 1. The number of benzene rings is 1. The van der Waals surface area contributed by atoms with Crippen molar-refractivity contribution in [1.29, 1.82) is 0 Å². The number of aliphatic imine (C=N–C) groups is 1. The summed E-state index contributed by atoms with van der Waals surface area (Å²) in [6.45, 7) is 3.82. The Morgan fingerprint density at radius 1 is 1.38 bits per heavy atom. The highest BCUT2D eigenvalue weighted by Gasteiger charge is 2.36. The van der Waals surface area contributed by atoms with Crippen molar-refractivity contribution in [2.45, 2.75) is 25.6 Å². The molecule has 1 aromatic carbocycles. The summed E-state index contributed by atoms with van der Waals surface area (Å²) < 4.78 is 34.7. The first kappa shape index (κ1) is 31.9. The predicted octanol–water partition coefficient (Wildman–Crippen LogP) is 3.35. The van der Waals surface area contributed by atoms with Gasteiger partial charge in [0.1, 0.15) is 24.3 Å². The number of aldehydes is 1. The predicted molar refractivity (Wildman–Crippen MR) is 153 cm³/mol. The van der Waals surface area contributed by atoms with Crippen LogP contribution in [-0.4, -0.2) is 97.6 Å². The first-order valence-corrected chi connectivity index (χ1v) is 14.5. The third-order valence-electron chi connectivity index (χ3n) is 6.41. The van der Waals surface area contributed by atoms with E-state index >= 15 is 0 Å². The minimum atomic E-state index is -1.04. The molecule has 2 aliphatic rings. The standard InChI is InChI=1S/C26H30BrF2N5O3S.CH4O/c1-3-37-26(36)22-21(15-34-13-16(10-18(29)14-34)12-33(2)7-8-35)31-24(25-30-6-9-38-25)32-23(22)19-5-4-17(28)11-20(19)27;1-2/h4-6,8-9,11,16,18,23H,3,7,10,12-15H2,1-2H3,(H,31,32);2H,1H3/t16?,18?,23-;/m0./s1. The minimum absolute atomic E-state index is 0.0214. The van der Waals surface area contributed by atoms with Gasteiger partial charge in [-0.25, -0.2) is 18.6 Å². The van der Waals surface area contributed by atoms with Crippen LogP contribution in [0, 0.1) is 11.7 Å². The zero-order valence-corrected chi connectivity index (χ0v) is 25.1. The molecular weight excluding hydrogens is 608 g/mol. The number of aliphatic hydroxyl groups is 1. The van der Waals surface area contributed by atoms with Crippen molar-refractivity contribution in [2.75, 3.05) is 53.5 Å². The van der Waals surface area contributed by atoms with Gasteiger partial charge < -0.3 is 20.0 Å². The number of carbonyl (C=O) groups excluding carboxylic acids is 2. The van der Waals surface area contributed by atoms with Gasteiger partial charge in [-0.3, -0.25) is 14.8 Å². The molecule has 0 bridgehead atoms. The van der Waals surface area contributed by atoms with Crippen LogP contribution in [0.3, 0.4) is 0 Å². The lowest BCUT2D eigenvalue weighted by molar-refractivity contribution is -0.139. The van der Waals surface area contributed by atoms with Gasteiger partial charge in [0, 0.05) is 55.0 Å². The van der Waals surface area contributed by atoms with Crippen LogP contribution in [0.25, 0.3) is 0 Å². The van der Waals surface area contributed by atoms with Gasteiger partial charge >= 0.3 is 5.97 Å². The minimum Gasteiger partial charge on any atom is -0.463 e. The Balaban J connectivity index is 0.00000216. The molecule has 9 nitrogen and oxygen atoms in total. The van der Waals surface area contributed by atoms with Gasteiger partial charge in [-0.2, -0.15) is 0 Å². The molecule has 3 heterocycles. The molecule has 1 fully saturated rings. The van der Waals surface area contributed by atoms with E-state index in [0.29, 0.717) is 46.1 Å². The number of carbonyl (C=O) groups is 2. The Morgan fingerprint density at radius 3 is 2.80 bits per heavy atom. The molecule has 3 atom stereocenters. The van der Waals surface area contributed by atoms with Gasteiger partial charge in [-0.1, -0.05) is 22.0 Å². The second-order valence-corrected chi connectivity index (χ2v) is 11.2. The van der Waals surface area contributed by atoms with Crippen LogP contribution in [0.4, 0.5) is 8.78 Å². The van der Waals surface area contributed by atoms with Gasteiger partial charge in [0.2, 0.25) is 0 Å². The van der Waals surface area contributed by atoms with Gasteiger partial charge in [0.05, 0.1) is 18.7 Å². The summed E-state index contributed by atoms with van der Waals surface area (Å²) in [5.41, 5.74) is 1.42. The van der Waals surface area contributed by atoms with Crippen molar-refractivity contribution in [3.8, 4) is 0 Å². The highest BCUT2D eigenvalue weighted by molar-refractivity contribution is 9.10. The van der Waals surface area contributed by atoms with E-state index in [2.05, 4.69) is 26.2 Å². The van der Waals surface area contributed by atoms with E-state index in [-0.39, 0.29) is 37.7 Å². The van der Waals surface area contributed by atoms with Crippen LogP contribution in [-0.2, 0) is 14.3 Å². The summed E-state index contributed by atoms with van der Waals surface area (Å²) >= 11 is 4.82. The number of hydrogen-bond acceptors (Lipinski definition) is 10. The second kappa shape index (κ2) is 15.4. The van der Waals surface area contributed by atoms with Crippen LogP contribution >= 0.6 is 27.3 Å². The van der Waals surface area contributed by atoms with Crippen LogP contribution in [0.2, 0.25) is 0 Å². The summed E-state index contributed by atoms with van der Waals surface area (Å²) in [5.74, 6) is -0.476. The molecule has 40 heavy (non-hydrogen) atoms. The second-order valence-electron chi connectivity index (χ2n) is 9.40. The van der Waals surface area contributed by atoms with E-state index < -0.39 is 24.0 Å². The maximum absolute atomic E-state index is 14.9. The molecule has 13 heteroatoms. The Hall–Kier alpha value is -2.58. The van der Waals surface area contributed by atoms with Gasteiger partial charge in [0.25, 0.3) is 0 Å². The van der Waals surface area contributed by atoms with Crippen LogP contribution in [0.5, 0.6) is 0 Å². The highest BCUT2D eigenvalue weighted by atomic mass is 79.9. The quantitative estimate of drug-likeness (QED) is 0.301. The maximum atomic E-state index is 14.9. The Bertz CT molecular complexity index is 1210. The fourth-order valence-electron chi connectivity index (χ4n) is 4.93. The largest absolute Gasteiger partial charge is 0.463 e. The lowest BCUT2D eigenvalue weighted by Crippen LogP contribution is -2.48. The molecule has 0 aliphatic carbocycles. The van der Waals surface area contributed by atoms with Crippen LogP contribution < -0.4 is 5.32 Å². The molecule has 2 aromatic rings. The average Bonchev–Trinajstić information content (AvgIpc) is 3.45. The van der Waals surface area contributed by atoms with Gasteiger partial charge in [-0.05, 0) is 44.0 Å². The number of likely N-dealkylation sites (tertiary alicyclic amines) is 1. The van der Waals surface area contributed by atoms with E-state index in [4.69, 9.17) is 14.8 Å². The number of halogens is 3. The number of alkyl halides is 1. The monoisotopic (exact) mass is 641 g/mol. The average molecular weight is 643 g/mol. The summed E-state index contributed by atoms with van der Waals surface area (Å²) in [4.78, 5) is 37.3. The first-order chi connectivity index (χ1) is 19.3. The molecule has 1 saturated heterocycles. The molecule has 0 saturated carbocycles. The van der Waals surface area contributed by atoms with Crippen molar-refractivity contribution >= 4 is 45.4 Å². The van der Waals surface area contributed by atoms with Crippen molar-refractivity contribution < 1.29 is 28.2 Å². The molecule has 2 N–H and O–H groups in total. The molecule has 2 aliphatic heterocycles. The smallest absolute Gasteiger partial charge is 0.338 e. The molecule has 0 amide bonds. The number of rotatable bonds is 10. The third-order valence-corrected chi connectivity index (χ3v) is 7.88. The molecule has 0 radical (unpaired) electrons. The number of likely N-dealkylation sites (N-methyl/N-ethyl adjacent to an activating group) is 1. The Kier molecular flexibility index (Phi) is 12.3. The number of aromatic nitrogens is 1. The van der Waals surface area contributed by atoms with E-state index in [0.717, 1.165) is 13.4 Å². The number of esters is 1. The van der Waals surface area contributed by atoms with Crippen molar-refractivity contribution in [1.82, 2.24) is 20.1 Å². The summed E-state index contributed by atoms with van der Waals surface area (Å²) in [6.07, 6.45) is 1.87. The molecule has 2 unspecified atom stereocenters. The highest BCUT2D eigenvalue weighted by Crippen LogP contribution is 2.37. The van der Waals surface area contributed by atoms with Crippen LogP contribution in [0.15, 0.2) is 50.5 Å². The Labute approximate surface area is 245 Å². The zero-order chi connectivity index (χ0) is 29.2. The van der Waals surface area contributed by atoms with Gasteiger partial charge in [0.15, 0.2) is 10.8 Å². The summed E-state index contributed by atoms with van der Waals surface area (Å²) in [5, 5.41) is 12.7.